The molecule has 63 valence electrons. The summed E-state index contributed by atoms with van der Waals surface area (Å²) in [5.74, 6) is -0.145. The van der Waals surface area contributed by atoms with Crippen LogP contribution in [0.25, 0.3) is 0 Å². The van der Waals surface area contributed by atoms with Gasteiger partial charge in [0.2, 0.25) is 0 Å². The predicted molar refractivity (Wildman–Crippen MR) is 43.5 cm³/mol. The molecule has 11 heavy (non-hydrogen) atoms. The normalized spacial score (nSPS) is 42.3. The van der Waals surface area contributed by atoms with Crippen molar-refractivity contribution in [1.29, 1.82) is 0 Å². The van der Waals surface area contributed by atoms with Crippen LogP contribution in [0.3, 0.4) is 0 Å². The van der Waals surface area contributed by atoms with Gasteiger partial charge < -0.3 is 0 Å². The summed E-state index contributed by atoms with van der Waals surface area (Å²) in [6.07, 6.45) is 0. The van der Waals surface area contributed by atoms with E-state index in [1.165, 1.54) is 0 Å². The number of esters is 1. The van der Waals surface area contributed by atoms with Gasteiger partial charge in [-0.3, -0.25) is 0 Å². The second kappa shape index (κ2) is 2.24. The van der Waals surface area contributed by atoms with Gasteiger partial charge in [0, 0.05) is 0 Å². The Balaban J connectivity index is 3.01. The SMILES string of the molecule is CC1C(=O)OC(C)(C)C1(C)[Se]. The number of carbonyl (C=O) groups excluding carboxylic acids is 1. The number of hydrogen-bond acceptors (Lipinski definition) is 2. The molecular weight excluding hydrogens is 207 g/mol. The standard InChI is InChI=1S/C8H13O2Se/c1-5-6(9)10-7(2,3)8(5,4)11/h5H,1-4H3. The van der Waals surface area contributed by atoms with Crippen molar-refractivity contribution in [2.24, 2.45) is 5.92 Å². The molecule has 0 spiro atoms. The maximum atomic E-state index is 11.2. The topological polar surface area (TPSA) is 26.3 Å². The molecule has 1 heterocycles. The fraction of sp³-hybridized carbons (Fsp3) is 0.875. The fourth-order valence-electron chi connectivity index (χ4n) is 1.19. The molecule has 1 aliphatic heterocycles. The number of cyclic esters (lactones) is 1. The molecule has 0 aromatic rings. The molecule has 0 saturated carbocycles. The molecule has 2 nitrogen and oxygen atoms in total. The molecule has 2 atom stereocenters. The first-order valence-electron chi connectivity index (χ1n) is 3.72. The van der Waals surface area contributed by atoms with Crippen LogP contribution < -0.4 is 0 Å². The van der Waals surface area contributed by atoms with Crippen molar-refractivity contribution in [3.8, 4) is 0 Å². The van der Waals surface area contributed by atoms with E-state index < -0.39 is 0 Å². The number of carbonyl (C=O) groups is 1. The zero-order chi connectivity index (χ0) is 8.86. The zero-order valence-electron chi connectivity index (χ0n) is 7.30. The van der Waals surface area contributed by atoms with Crippen LogP contribution >= 0.6 is 0 Å². The van der Waals surface area contributed by atoms with Crippen molar-refractivity contribution >= 4 is 22.0 Å². The van der Waals surface area contributed by atoms with Crippen LogP contribution in [0.1, 0.15) is 27.7 Å². The van der Waals surface area contributed by atoms with E-state index in [-0.39, 0.29) is 21.8 Å². The van der Waals surface area contributed by atoms with Gasteiger partial charge >= 0.3 is 75.0 Å². The monoisotopic (exact) mass is 221 g/mol. The van der Waals surface area contributed by atoms with Crippen LogP contribution in [0.5, 0.6) is 0 Å². The molecule has 1 fully saturated rings. The summed E-state index contributed by atoms with van der Waals surface area (Å²) in [7, 11) is 0. The Morgan fingerprint density at radius 1 is 1.45 bits per heavy atom. The predicted octanol–water partition coefficient (Wildman–Crippen LogP) is 1.30. The first-order chi connectivity index (χ1) is 4.79. The quantitative estimate of drug-likeness (QED) is 0.454. The van der Waals surface area contributed by atoms with Crippen molar-refractivity contribution < 1.29 is 9.53 Å². The van der Waals surface area contributed by atoms with E-state index in [2.05, 4.69) is 16.0 Å². The summed E-state index contributed by atoms with van der Waals surface area (Å²) in [4.78, 5) is 11.2. The van der Waals surface area contributed by atoms with Crippen LogP contribution in [0.2, 0.25) is 4.31 Å². The summed E-state index contributed by atoms with van der Waals surface area (Å²) in [6.45, 7) is 7.78. The second-order valence-corrected chi connectivity index (χ2v) is 5.54. The van der Waals surface area contributed by atoms with E-state index in [9.17, 15) is 4.79 Å². The Morgan fingerprint density at radius 2 is 1.91 bits per heavy atom. The molecular formula is C8H13O2Se. The molecule has 3 heteroatoms. The minimum atomic E-state index is -0.372. The summed E-state index contributed by atoms with van der Waals surface area (Å²) < 4.78 is 5.03. The maximum absolute atomic E-state index is 11.2. The van der Waals surface area contributed by atoms with Crippen molar-refractivity contribution in [2.75, 3.05) is 0 Å². The van der Waals surface area contributed by atoms with Crippen LogP contribution in [-0.4, -0.2) is 27.6 Å². The van der Waals surface area contributed by atoms with Gasteiger partial charge in [-0.2, -0.15) is 0 Å². The van der Waals surface area contributed by atoms with Gasteiger partial charge in [0.25, 0.3) is 0 Å². The molecule has 0 aromatic heterocycles. The Morgan fingerprint density at radius 3 is 2.00 bits per heavy atom. The van der Waals surface area contributed by atoms with Crippen LogP contribution in [0, 0.1) is 5.92 Å². The molecule has 1 rings (SSSR count). The van der Waals surface area contributed by atoms with Gasteiger partial charge in [-0.15, -0.1) is 0 Å². The van der Waals surface area contributed by atoms with Gasteiger partial charge in [-0.05, 0) is 0 Å². The van der Waals surface area contributed by atoms with Crippen molar-refractivity contribution in [1.82, 2.24) is 0 Å². The summed E-state index contributed by atoms with van der Waals surface area (Å²) >= 11 is 3.04. The fourth-order valence-corrected chi connectivity index (χ4v) is 1.48. The van der Waals surface area contributed by atoms with E-state index in [4.69, 9.17) is 4.74 Å². The molecule has 0 bridgehead atoms. The first-order valence-corrected chi connectivity index (χ1v) is 4.58. The summed E-state index contributed by atoms with van der Waals surface area (Å²) in [5.41, 5.74) is -0.372. The average molecular weight is 220 g/mol. The van der Waals surface area contributed by atoms with Gasteiger partial charge in [0.05, 0.1) is 0 Å². The first kappa shape index (κ1) is 9.08. The third-order valence-corrected chi connectivity index (χ3v) is 4.50. The minimum absolute atomic E-state index is 0.0440. The van der Waals surface area contributed by atoms with Gasteiger partial charge in [-0.25, -0.2) is 0 Å². The summed E-state index contributed by atoms with van der Waals surface area (Å²) in [6, 6.07) is 0. The molecule has 1 saturated heterocycles. The Labute approximate surface area is 75.5 Å². The van der Waals surface area contributed by atoms with Gasteiger partial charge in [0.1, 0.15) is 0 Å². The van der Waals surface area contributed by atoms with Gasteiger partial charge in [0.15, 0.2) is 0 Å². The molecule has 1 radical (unpaired) electrons. The van der Waals surface area contributed by atoms with E-state index in [1.807, 2.05) is 27.7 Å². The third-order valence-electron chi connectivity index (χ3n) is 2.73. The Hall–Kier alpha value is -0.0105. The van der Waals surface area contributed by atoms with E-state index in [0.717, 1.165) is 0 Å². The van der Waals surface area contributed by atoms with Crippen molar-refractivity contribution in [2.45, 2.75) is 37.6 Å². The van der Waals surface area contributed by atoms with Crippen molar-refractivity contribution in [3.05, 3.63) is 0 Å². The van der Waals surface area contributed by atoms with Crippen molar-refractivity contribution in [3.63, 3.8) is 0 Å². The molecule has 0 aromatic carbocycles. The third kappa shape index (κ3) is 1.11. The number of rotatable bonds is 0. The Kier molecular flexibility index (Phi) is 1.85. The van der Waals surface area contributed by atoms with Gasteiger partial charge in [-0.1, -0.05) is 0 Å². The molecule has 0 amide bonds. The van der Waals surface area contributed by atoms with Crippen LogP contribution in [0.4, 0.5) is 0 Å². The zero-order valence-corrected chi connectivity index (χ0v) is 9.02. The second-order valence-electron chi connectivity index (χ2n) is 3.76. The van der Waals surface area contributed by atoms with Crippen LogP contribution in [0.15, 0.2) is 0 Å². The Bertz CT molecular complexity index is 196. The molecule has 2 unspecified atom stereocenters. The number of hydrogen-bond donors (Lipinski definition) is 0. The van der Waals surface area contributed by atoms with E-state index >= 15 is 0 Å². The molecule has 0 N–H and O–H groups in total. The van der Waals surface area contributed by atoms with E-state index in [0.29, 0.717) is 0 Å². The molecule has 0 aliphatic carbocycles. The van der Waals surface area contributed by atoms with Crippen LogP contribution in [-0.2, 0) is 9.53 Å². The number of ether oxygens (including phenoxy) is 1. The summed E-state index contributed by atoms with van der Waals surface area (Å²) in [5, 5.41) is 0. The average Bonchev–Trinajstić information content (AvgIpc) is 1.93. The molecule has 1 aliphatic rings. The van der Waals surface area contributed by atoms with E-state index in [1.54, 1.807) is 0 Å².